The number of hydrogen-bond donors (Lipinski definition) is 3. The van der Waals surface area contributed by atoms with Crippen molar-refractivity contribution >= 4 is 17.5 Å². The number of hydrogen-bond acceptors (Lipinski definition) is 6. The van der Waals surface area contributed by atoms with E-state index in [1.807, 2.05) is 0 Å². The van der Waals surface area contributed by atoms with Crippen molar-refractivity contribution in [3.63, 3.8) is 0 Å². The van der Waals surface area contributed by atoms with Crippen LogP contribution >= 0.6 is 11.6 Å². The van der Waals surface area contributed by atoms with Crippen molar-refractivity contribution in [2.45, 2.75) is 25.0 Å². The van der Waals surface area contributed by atoms with Crippen LogP contribution in [0, 0.1) is 0 Å². The first-order valence-electron chi connectivity index (χ1n) is 8.27. The molecule has 1 fully saturated rings. The molecule has 3 rings (SSSR count). The van der Waals surface area contributed by atoms with Crippen LogP contribution in [0.3, 0.4) is 0 Å². The second-order valence-corrected chi connectivity index (χ2v) is 6.52. The topological polar surface area (TPSA) is 91.5 Å². The number of aromatic nitrogens is 2. The van der Waals surface area contributed by atoms with Crippen LogP contribution in [0.4, 0.5) is 0 Å². The van der Waals surface area contributed by atoms with Crippen molar-refractivity contribution < 1.29 is 14.3 Å². The van der Waals surface area contributed by atoms with Gasteiger partial charge in [0.25, 0.3) is 0 Å². The molecule has 140 valence electrons. The summed E-state index contributed by atoms with van der Waals surface area (Å²) < 4.78 is 10.9. The number of nitrogens with zero attached hydrogens (tertiary/aromatic N) is 2. The summed E-state index contributed by atoms with van der Waals surface area (Å²) in [5.41, 5.74) is 6.13. The lowest BCUT2D eigenvalue weighted by Crippen LogP contribution is -2.44. The fourth-order valence-corrected chi connectivity index (χ4v) is 2.99. The first-order chi connectivity index (χ1) is 12.6. The van der Waals surface area contributed by atoms with E-state index in [-0.39, 0.29) is 18.0 Å². The minimum Gasteiger partial charge on any atom is -0.497 e. The zero-order valence-corrected chi connectivity index (χ0v) is 15.4. The molecular formula is C17H22ClN5O3. The summed E-state index contributed by atoms with van der Waals surface area (Å²) in [7, 11) is 3.34. The van der Waals surface area contributed by atoms with Gasteiger partial charge in [-0.1, -0.05) is 11.6 Å². The molecule has 1 aromatic carbocycles. The molecule has 26 heavy (non-hydrogen) atoms. The van der Waals surface area contributed by atoms with Gasteiger partial charge in [-0.2, -0.15) is 0 Å². The number of aromatic amines is 1. The fourth-order valence-electron chi connectivity index (χ4n) is 2.76. The van der Waals surface area contributed by atoms with E-state index in [0.717, 1.165) is 5.82 Å². The molecule has 2 aromatic rings. The Kier molecular flexibility index (Phi) is 5.97. The van der Waals surface area contributed by atoms with Crippen molar-refractivity contribution in [2.24, 2.45) is 0 Å². The molecule has 1 amide bonds. The SMILES string of the molecule is COc1ccc(OCC2CC(C(=O)N(C)Cc3ncc[nH]3)NN2)c(Cl)c1. The molecule has 1 aliphatic rings. The van der Waals surface area contributed by atoms with Crippen LogP contribution in [0.1, 0.15) is 12.2 Å². The number of H-pyrrole nitrogens is 1. The predicted octanol–water partition coefficient (Wildman–Crippen LogP) is 1.34. The number of ether oxygens (including phenoxy) is 2. The zero-order chi connectivity index (χ0) is 18.5. The molecule has 1 saturated heterocycles. The van der Waals surface area contributed by atoms with Crippen LogP contribution in [-0.2, 0) is 11.3 Å². The number of methoxy groups -OCH3 is 1. The lowest BCUT2D eigenvalue weighted by atomic mass is 10.1. The molecule has 0 bridgehead atoms. The van der Waals surface area contributed by atoms with Crippen molar-refractivity contribution in [1.29, 1.82) is 0 Å². The van der Waals surface area contributed by atoms with E-state index in [0.29, 0.717) is 36.1 Å². The maximum absolute atomic E-state index is 12.5. The summed E-state index contributed by atoms with van der Waals surface area (Å²) in [5.74, 6) is 2.01. The number of rotatable bonds is 7. The Hall–Kier alpha value is -2.29. The summed E-state index contributed by atoms with van der Waals surface area (Å²) in [4.78, 5) is 21.3. The molecule has 3 N–H and O–H groups in total. The number of amides is 1. The molecule has 1 aliphatic heterocycles. The highest BCUT2D eigenvalue weighted by atomic mass is 35.5. The van der Waals surface area contributed by atoms with Crippen LogP contribution < -0.4 is 20.3 Å². The Bertz CT molecular complexity index is 740. The van der Waals surface area contributed by atoms with Gasteiger partial charge in [0.2, 0.25) is 5.91 Å². The third-order valence-electron chi connectivity index (χ3n) is 4.18. The molecule has 9 heteroatoms. The Labute approximate surface area is 156 Å². The van der Waals surface area contributed by atoms with Gasteiger partial charge in [-0.05, 0) is 18.6 Å². The third kappa shape index (κ3) is 4.46. The van der Waals surface area contributed by atoms with Gasteiger partial charge in [0.15, 0.2) is 0 Å². The number of hydrazine groups is 1. The van der Waals surface area contributed by atoms with E-state index in [9.17, 15) is 4.79 Å². The molecule has 1 aromatic heterocycles. The number of imidazole rings is 1. The molecule has 2 unspecified atom stereocenters. The summed E-state index contributed by atoms with van der Waals surface area (Å²) in [5, 5.41) is 0.487. The van der Waals surface area contributed by atoms with Gasteiger partial charge in [0, 0.05) is 25.5 Å². The molecule has 8 nitrogen and oxygen atoms in total. The van der Waals surface area contributed by atoms with E-state index in [2.05, 4.69) is 20.8 Å². The second kappa shape index (κ2) is 8.39. The van der Waals surface area contributed by atoms with Crippen molar-refractivity contribution in [2.75, 3.05) is 20.8 Å². The van der Waals surface area contributed by atoms with Gasteiger partial charge in [-0.15, -0.1) is 0 Å². The van der Waals surface area contributed by atoms with Crippen LogP contribution in [0.2, 0.25) is 5.02 Å². The van der Waals surface area contributed by atoms with Gasteiger partial charge < -0.3 is 19.4 Å². The minimum absolute atomic E-state index is 0.000805. The molecule has 0 radical (unpaired) electrons. The van der Waals surface area contributed by atoms with E-state index in [1.54, 1.807) is 49.7 Å². The van der Waals surface area contributed by atoms with Crippen LogP contribution in [-0.4, -0.2) is 53.6 Å². The van der Waals surface area contributed by atoms with Gasteiger partial charge in [0.1, 0.15) is 30.0 Å². The first kappa shape index (κ1) is 18.5. The normalized spacial score (nSPS) is 19.3. The second-order valence-electron chi connectivity index (χ2n) is 6.11. The number of nitrogens with one attached hydrogen (secondary N) is 3. The third-order valence-corrected chi connectivity index (χ3v) is 4.47. The molecule has 2 atom stereocenters. The number of halogens is 1. The van der Waals surface area contributed by atoms with E-state index < -0.39 is 0 Å². The molecule has 0 spiro atoms. The highest BCUT2D eigenvalue weighted by Gasteiger charge is 2.31. The zero-order valence-electron chi connectivity index (χ0n) is 14.7. The number of carbonyl (C=O) groups is 1. The fraction of sp³-hybridized carbons (Fsp3) is 0.412. The average Bonchev–Trinajstić information content (AvgIpc) is 3.31. The van der Waals surface area contributed by atoms with Crippen LogP contribution in [0.25, 0.3) is 0 Å². The minimum atomic E-state index is -0.310. The van der Waals surface area contributed by atoms with E-state index in [4.69, 9.17) is 21.1 Å². The lowest BCUT2D eigenvalue weighted by molar-refractivity contribution is -0.132. The Morgan fingerprint density at radius 3 is 2.96 bits per heavy atom. The van der Waals surface area contributed by atoms with Gasteiger partial charge in [0.05, 0.1) is 24.7 Å². The summed E-state index contributed by atoms with van der Waals surface area (Å²) in [6.45, 7) is 0.831. The maximum Gasteiger partial charge on any atom is 0.241 e. The molecule has 0 aliphatic carbocycles. The van der Waals surface area contributed by atoms with Crippen molar-refractivity contribution in [3.05, 3.63) is 41.4 Å². The lowest BCUT2D eigenvalue weighted by Gasteiger charge is -2.19. The summed E-state index contributed by atoms with van der Waals surface area (Å²) in [6, 6.07) is 4.95. The maximum atomic E-state index is 12.5. The summed E-state index contributed by atoms with van der Waals surface area (Å²) in [6.07, 6.45) is 4.02. The highest BCUT2D eigenvalue weighted by molar-refractivity contribution is 6.32. The summed E-state index contributed by atoms with van der Waals surface area (Å²) >= 11 is 6.17. The number of likely N-dealkylation sites (N-methyl/N-ethyl adjacent to an activating group) is 1. The smallest absolute Gasteiger partial charge is 0.241 e. The Morgan fingerprint density at radius 1 is 1.42 bits per heavy atom. The van der Waals surface area contributed by atoms with Crippen molar-refractivity contribution in [1.82, 2.24) is 25.7 Å². The first-order valence-corrected chi connectivity index (χ1v) is 8.65. The quantitative estimate of drug-likeness (QED) is 0.672. The standard InChI is InChI=1S/C17H22ClN5O3/c1-23(9-16-19-5-6-20-16)17(24)14-7-11(21-22-14)10-26-15-4-3-12(25-2)8-13(15)18/h3-6,8,11,14,21-22H,7,9-10H2,1-2H3,(H,19,20). The average molecular weight is 380 g/mol. The Balaban J connectivity index is 1.48. The monoisotopic (exact) mass is 379 g/mol. The van der Waals surface area contributed by atoms with Gasteiger partial charge >= 0.3 is 0 Å². The van der Waals surface area contributed by atoms with Crippen LogP contribution in [0.5, 0.6) is 11.5 Å². The van der Waals surface area contributed by atoms with E-state index >= 15 is 0 Å². The largest absolute Gasteiger partial charge is 0.497 e. The molecular weight excluding hydrogens is 358 g/mol. The highest BCUT2D eigenvalue weighted by Crippen LogP contribution is 2.29. The van der Waals surface area contributed by atoms with Crippen LogP contribution in [0.15, 0.2) is 30.6 Å². The number of benzene rings is 1. The molecule has 0 saturated carbocycles. The van der Waals surface area contributed by atoms with Gasteiger partial charge in [-0.3, -0.25) is 10.2 Å². The number of carbonyl (C=O) groups excluding carboxylic acids is 1. The van der Waals surface area contributed by atoms with Gasteiger partial charge in [-0.25, -0.2) is 10.4 Å². The van der Waals surface area contributed by atoms with Crippen molar-refractivity contribution in [3.8, 4) is 11.5 Å². The molecule has 2 heterocycles. The Morgan fingerprint density at radius 2 is 2.27 bits per heavy atom. The van der Waals surface area contributed by atoms with E-state index in [1.165, 1.54) is 0 Å². The predicted molar refractivity (Wildman–Crippen MR) is 97.0 cm³/mol.